The zero-order valence-electron chi connectivity index (χ0n) is 16.9. The van der Waals surface area contributed by atoms with E-state index in [2.05, 4.69) is 15.2 Å². The van der Waals surface area contributed by atoms with Crippen molar-refractivity contribution in [2.45, 2.75) is 6.92 Å². The number of hydrogen-bond donors (Lipinski definition) is 2. The molecule has 0 atom stereocenters. The van der Waals surface area contributed by atoms with Crippen LogP contribution in [0, 0.1) is 17.0 Å². The van der Waals surface area contributed by atoms with E-state index in [9.17, 15) is 19.7 Å². The number of nitro groups is 1. The van der Waals surface area contributed by atoms with Gasteiger partial charge in [0, 0.05) is 55.9 Å². The number of imidazole rings is 1. The first kappa shape index (κ1) is 20.2. The number of aromatic amines is 1. The molecule has 3 aromatic rings. The molecule has 1 saturated heterocycles. The Hall–Kier alpha value is -4.08. The number of carbonyl (C=O) groups is 1. The smallest absolute Gasteiger partial charge is 0.330 e. The summed E-state index contributed by atoms with van der Waals surface area (Å²) in [5.41, 5.74) is 2.56. The molecule has 1 aliphatic heterocycles. The molecule has 1 aromatic heterocycles. The fourth-order valence-corrected chi connectivity index (χ4v) is 3.68. The molecule has 2 aromatic carbocycles. The van der Waals surface area contributed by atoms with E-state index in [1.807, 2.05) is 13.0 Å². The molecular formula is C21H22N6O4. The number of aryl methyl sites for hydroxylation is 1. The van der Waals surface area contributed by atoms with E-state index in [1.165, 1.54) is 16.7 Å². The monoisotopic (exact) mass is 422 g/mol. The molecule has 2 amide bonds. The van der Waals surface area contributed by atoms with E-state index in [4.69, 9.17) is 0 Å². The van der Waals surface area contributed by atoms with Crippen molar-refractivity contribution in [2.75, 3.05) is 36.4 Å². The van der Waals surface area contributed by atoms with Gasteiger partial charge in [0.15, 0.2) is 0 Å². The Bertz CT molecular complexity index is 1160. The quantitative estimate of drug-likeness (QED) is 0.495. The summed E-state index contributed by atoms with van der Waals surface area (Å²) >= 11 is 0. The predicted octanol–water partition coefficient (Wildman–Crippen LogP) is 2.74. The molecule has 0 spiro atoms. The second-order valence-electron chi connectivity index (χ2n) is 7.27. The van der Waals surface area contributed by atoms with Crippen molar-refractivity contribution in [2.24, 2.45) is 0 Å². The topological polar surface area (TPSA) is 117 Å². The van der Waals surface area contributed by atoms with E-state index in [0.29, 0.717) is 37.6 Å². The number of benzene rings is 2. The molecule has 1 aliphatic rings. The molecule has 0 radical (unpaired) electrons. The highest BCUT2D eigenvalue weighted by Gasteiger charge is 2.23. The number of carbonyl (C=O) groups excluding carboxylic acids is 1. The second kappa shape index (κ2) is 8.34. The number of hydrogen-bond acceptors (Lipinski definition) is 5. The normalized spacial score (nSPS) is 13.8. The molecule has 160 valence electrons. The summed E-state index contributed by atoms with van der Waals surface area (Å²) in [6.45, 7) is 4.06. The summed E-state index contributed by atoms with van der Waals surface area (Å²) in [4.78, 5) is 41.8. The van der Waals surface area contributed by atoms with Crippen LogP contribution in [0.4, 0.5) is 21.9 Å². The summed E-state index contributed by atoms with van der Waals surface area (Å²) in [5.74, 6) is 0. The third-order valence-electron chi connectivity index (χ3n) is 5.34. The number of nitro benzene ring substituents is 1. The number of anilines is 2. The first-order valence-electron chi connectivity index (χ1n) is 9.86. The SMILES string of the molecule is Cc1c[nH]c(=O)n1-c1ccccc1NC(=O)N1CCN(c2ccc([N+](=O)[O-])cc2)CC1. The fourth-order valence-electron chi connectivity index (χ4n) is 3.68. The molecule has 10 nitrogen and oxygen atoms in total. The van der Waals surface area contributed by atoms with Crippen molar-refractivity contribution < 1.29 is 9.72 Å². The summed E-state index contributed by atoms with van der Waals surface area (Å²) in [6.07, 6.45) is 1.62. The van der Waals surface area contributed by atoms with Gasteiger partial charge in [0.25, 0.3) is 5.69 Å². The zero-order valence-corrected chi connectivity index (χ0v) is 16.9. The Balaban J connectivity index is 1.42. The Morgan fingerprint density at radius 3 is 2.35 bits per heavy atom. The van der Waals surface area contributed by atoms with Crippen molar-refractivity contribution in [1.29, 1.82) is 0 Å². The summed E-state index contributed by atoms with van der Waals surface area (Å²) < 4.78 is 1.52. The average Bonchev–Trinajstić information content (AvgIpc) is 3.12. The average molecular weight is 422 g/mol. The van der Waals surface area contributed by atoms with E-state index in [-0.39, 0.29) is 17.4 Å². The standard InChI is InChI=1S/C21H22N6O4/c1-15-14-22-20(28)26(15)19-5-3-2-4-18(19)23-21(29)25-12-10-24(11-13-25)16-6-8-17(9-7-16)27(30)31/h2-9,14H,10-13H2,1H3,(H,22,28)(H,23,29). The molecule has 0 saturated carbocycles. The lowest BCUT2D eigenvalue weighted by Crippen LogP contribution is -2.50. The van der Waals surface area contributed by atoms with Crippen molar-refractivity contribution in [1.82, 2.24) is 14.5 Å². The van der Waals surface area contributed by atoms with Gasteiger partial charge in [0.2, 0.25) is 0 Å². The largest absolute Gasteiger partial charge is 0.368 e. The summed E-state index contributed by atoms with van der Waals surface area (Å²) in [7, 11) is 0. The van der Waals surface area contributed by atoms with Crippen LogP contribution in [0.15, 0.2) is 59.5 Å². The highest BCUT2D eigenvalue weighted by molar-refractivity contribution is 5.91. The number of non-ortho nitro benzene ring substituents is 1. The van der Waals surface area contributed by atoms with Crippen LogP contribution in [0.5, 0.6) is 0 Å². The van der Waals surface area contributed by atoms with Gasteiger partial charge in [-0.05, 0) is 31.2 Å². The number of aromatic nitrogens is 2. The molecule has 0 aliphatic carbocycles. The minimum atomic E-state index is -0.424. The van der Waals surface area contributed by atoms with Gasteiger partial charge in [0.1, 0.15) is 0 Å². The molecule has 31 heavy (non-hydrogen) atoms. The Kier molecular flexibility index (Phi) is 5.44. The molecule has 4 rings (SSSR count). The van der Waals surface area contributed by atoms with Gasteiger partial charge < -0.3 is 20.1 Å². The first-order chi connectivity index (χ1) is 14.9. The van der Waals surface area contributed by atoms with E-state index in [1.54, 1.807) is 41.4 Å². The summed E-state index contributed by atoms with van der Waals surface area (Å²) in [5, 5.41) is 13.7. The number of nitrogens with zero attached hydrogens (tertiary/aromatic N) is 4. The van der Waals surface area contributed by atoms with Crippen molar-refractivity contribution in [3.63, 3.8) is 0 Å². The number of para-hydroxylation sites is 2. The molecule has 10 heteroatoms. The van der Waals surface area contributed by atoms with Crippen LogP contribution < -0.4 is 15.9 Å². The number of urea groups is 1. The number of piperazine rings is 1. The van der Waals surface area contributed by atoms with E-state index in [0.717, 1.165) is 11.4 Å². The molecule has 2 heterocycles. The minimum Gasteiger partial charge on any atom is -0.368 e. The molecular weight excluding hydrogens is 400 g/mol. The first-order valence-corrected chi connectivity index (χ1v) is 9.86. The second-order valence-corrected chi connectivity index (χ2v) is 7.27. The van der Waals surface area contributed by atoms with Crippen LogP contribution in [-0.4, -0.2) is 51.6 Å². The maximum absolute atomic E-state index is 12.8. The minimum absolute atomic E-state index is 0.0530. The van der Waals surface area contributed by atoms with Gasteiger partial charge in [-0.2, -0.15) is 0 Å². The molecule has 0 bridgehead atoms. The Morgan fingerprint density at radius 2 is 1.74 bits per heavy atom. The van der Waals surface area contributed by atoms with Gasteiger partial charge in [-0.3, -0.25) is 14.7 Å². The Labute approximate surface area is 177 Å². The van der Waals surface area contributed by atoms with Crippen LogP contribution in [-0.2, 0) is 0 Å². The maximum Gasteiger partial charge on any atom is 0.330 e. The third kappa shape index (κ3) is 4.13. The highest BCUT2D eigenvalue weighted by atomic mass is 16.6. The van der Waals surface area contributed by atoms with Crippen molar-refractivity contribution in [3.8, 4) is 5.69 Å². The number of rotatable bonds is 4. The van der Waals surface area contributed by atoms with E-state index >= 15 is 0 Å². The number of amides is 2. The molecule has 0 unspecified atom stereocenters. The van der Waals surface area contributed by atoms with Gasteiger partial charge in [-0.1, -0.05) is 12.1 Å². The van der Waals surface area contributed by atoms with Gasteiger partial charge in [-0.25, -0.2) is 9.59 Å². The highest BCUT2D eigenvalue weighted by Crippen LogP contribution is 2.23. The van der Waals surface area contributed by atoms with Gasteiger partial charge >= 0.3 is 11.7 Å². The van der Waals surface area contributed by atoms with Crippen LogP contribution in [0.3, 0.4) is 0 Å². The van der Waals surface area contributed by atoms with Gasteiger partial charge in [-0.15, -0.1) is 0 Å². The van der Waals surface area contributed by atoms with E-state index < -0.39 is 4.92 Å². The van der Waals surface area contributed by atoms with Gasteiger partial charge in [0.05, 0.1) is 16.3 Å². The fraction of sp³-hybridized carbons (Fsp3) is 0.238. The lowest BCUT2D eigenvalue weighted by molar-refractivity contribution is -0.384. The predicted molar refractivity (Wildman–Crippen MR) is 117 cm³/mol. The van der Waals surface area contributed by atoms with Crippen molar-refractivity contribution >= 4 is 23.1 Å². The maximum atomic E-state index is 12.8. The lowest BCUT2D eigenvalue weighted by atomic mass is 10.2. The zero-order chi connectivity index (χ0) is 22.0. The molecule has 1 fully saturated rings. The van der Waals surface area contributed by atoms with Crippen LogP contribution >= 0.6 is 0 Å². The van der Waals surface area contributed by atoms with Crippen LogP contribution in [0.2, 0.25) is 0 Å². The Morgan fingerprint density at radius 1 is 1.06 bits per heavy atom. The number of nitrogens with one attached hydrogen (secondary N) is 2. The lowest BCUT2D eigenvalue weighted by Gasteiger charge is -2.36. The third-order valence-corrected chi connectivity index (χ3v) is 5.34. The van der Waals surface area contributed by atoms with Crippen LogP contribution in [0.25, 0.3) is 5.69 Å². The molecule has 2 N–H and O–H groups in total. The number of H-pyrrole nitrogens is 1. The summed E-state index contributed by atoms with van der Waals surface area (Å²) in [6, 6.07) is 13.3. The van der Waals surface area contributed by atoms with Crippen LogP contribution in [0.1, 0.15) is 5.69 Å². The van der Waals surface area contributed by atoms with Crippen molar-refractivity contribution in [3.05, 3.63) is 81.0 Å².